The summed E-state index contributed by atoms with van der Waals surface area (Å²) in [6.45, 7) is 4.14. The van der Waals surface area contributed by atoms with Gasteiger partial charge in [-0.25, -0.2) is 0 Å². The van der Waals surface area contributed by atoms with Gasteiger partial charge in [0.05, 0.1) is 0 Å². The standard InChI is InChI=1S/C9H10/c1-3-9-7-5-4-6-8(9)2/h3-5,8H,1-2H3. The average molecular weight is 118 g/mol. The van der Waals surface area contributed by atoms with Gasteiger partial charge in [0, 0.05) is 5.92 Å². The predicted molar refractivity (Wildman–Crippen MR) is 38.5 cm³/mol. The van der Waals surface area contributed by atoms with Gasteiger partial charge in [-0.2, -0.15) is 0 Å². The zero-order valence-electron chi connectivity index (χ0n) is 5.81. The molecule has 0 aliphatic heterocycles. The van der Waals surface area contributed by atoms with E-state index in [1.165, 1.54) is 5.57 Å². The van der Waals surface area contributed by atoms with Crippen molar-refractivity contribution >= 4 is 0 Å². The SMILES string of the molecule is CC=C1[C]=CC=[C]C1C. The van der Waals surface area contributed by atoms with E-state index in [1.54, 1.807) is 0 Å². The molecule has 9 heavy (non-hydrogen) atoms. The second kappa shape index (κ2) is 2.67. The van der Waals surface area contributed by atoms with Crippen molar-refractivity contribution in [2.75, 3.05) is 0 Å². The normalized spacial score (nSPS) is 29.6. The molecule has 0 aromatic carbocycles. The van der Waals surface area contributed by atoms with Gasteiger partial charge in [-0.3, -0.25) is 0 Å². The zero-order chi connectivity index (χ0) is 6.69. The van der Waals surface area contributed by atoms with Crippen LogP contribution in [0.2, 0.25) is 0 Å². The minimum atomic E-state index is 0.431. The largest absolute Gasteiger partial charge is 0.0832 e. The second-order valence-electron chi connectivity index (χ2n) is 2.11. The van der Waals surface area contributed by atoms with Crippen LogP contribution in [0.5, 0.6) is 0 Å². The Hall–Kier alpha value is -0.780. The van der Waals surface area contributed by atoms with Gasteiger partial charge in [0.15, 0.2) is 0 Å². The molecule has 1 unspecified atom stereocenters. The molecule has 0 aromatic heterocycles. The lowest BCUT2D eigenvalue weighted by atomic mass is 9.97. The van der Waals surface area contributed by atoms with Crippen LogP contribution in [0.1, 0.15) is 13.8 Å². The summed E-state index contributed by atoms with van der Waals surface area (Å²) in [5, 5.41) is 0. The van der Waals surface area contributed by atoms with Gasteiger partial charge >= 0.3 is 0 Å². The van der Waals surface area contributed by atoms with Gasteiger partial charge in [0.2, 0.25) is 0 Å². The maximum atomic E-state index is 3.17. The molecule has 0 spiro atoms. The lowest BCUT2D eigenvalue weighted by molar-refractivity contribution is 0.846. The topological polar surface area (TPSA) is 0 Å². The minimum Gasteiger partial charge on any atom is -0.0832 e. The fourth-order valence-corrected chi connectivity index (χ4v) is 0.878. The molecule has 0 saturated heterocycles. The Morgan fingerprint density at radius 3 is 2.78 bits per heavy atom. The Kier molecular flexibility index (Phi) is 1.88. The molecule has 0 nitrogen and oxygen atoms in total. The molecule has 0 bridgehead atoms. The Morgan fingerprint density at radius 2 is 2.33 bits per heavy atom. The molecule has 0 N–H and O–H groups in total. The predicted octanol–water partition coefficient (Wildman–Crippen LogP) is 2.30. The van der Waals surface area contributed by atoms with Crippen molar-refractivity contribution in [2.45, 2.75) is 13.8 Å². The Bertz CT molecular complexity index is 170. The summed E-state index contributed by atoms with van der Waals surface area (Å²) in [7, 11) is 0. The van der Waals surface area contributed by atoms with E-state index in [2.05, 4.69) is 25.2 Å². The second-order valence-corrected chi connectivity index (χ2v) is 2.11. The molecule has 0 fully saturated rings. The van der Waals surface area contributed by atoms with Gasteiger partial charge in [-0.1, -0.05) is 25.2 Å². The first-order valence-electron chi connectivity index (χ1n) is 3.18. The first kappa shape index (κ1) is 6.34. The van der Waals surface area contributed by atoms with Gasteiger partial charge in [0.25, 0.3) is 0 Å². The molecule has 1 aliphatic carbocycles. The average Bonchev–Trinajstić information content (AvgIpc) is 1.89. The number of hydrogen-bond acceptors (Lipinski definition) is 0. The van der Waals surface area contributed by atoms with Gasteiger partial charge < -0.3 is 0 Å². The van der Waals surface area contributed by atoms with Crippen molar-refractivity contribution in [2.24, 2.45) is 5.92 Å². The van der Waals surface area contributed by atoms with Gasteiger partial charge in [-0.15, -0.1) is 0 Å². The van der Waals surface area contributed by atoms with Crippen LogP contribution in [0.4, 0.5) is 0 Å². The zero-order valence-corrected chi connectivity index (χ0v) is 5.81. The van der Waals surface area contributed by atoms with Crippen LogP contribution in [0.15, 0.2) is 23.8 Å². The van der Waals surface area contributed by atoms with E-state index in [1.807, 2.05) is 19.1 Å². The molecule has 0 saturated carbocycles. The van der Waals surface area contributed by atoms with Crippen LogP contribution in [-0.4, -0.2) is 0 Å². The summed E-state index contributed by atoms with van der Waals surface area (Å²) in [5.74, 6) is 0.431. The maximum absolute atomic E-state index is 3.17. The molecular weight excluding hydrogens is 108 g/mol. The van der Waals surface area contributed by atoms with E-state index in [-0.39, 0.29) is 0 Å². The highest BCUT2D eigenvalue weighted by Gasteiger charge is 2.02. The van der Waals surface area contributed by atoms with Crippen molar-refractivity contribution in [1.29, 1.82) is 0 Å². The molecule has 0 aromatic rings. The lowest BCUT2D eigenvalue weighted by Gasteiger charge is -2.07. The van der Waals surface area contributed by atoms with Crippen LogP contribution >= 0.6 is 0 Å². The third kappa shape index (κ3) is 1.32. The summed E-state index contributed by atoms with van der Waals surface area (Å²) < 4.78 is 0. The fourth-order valence-electron chi connectivity index (χ4n) is 0.878. The minimum absolute atomic E-state index is 0.431. The highest BCUT2D eigenvalue weighted by molar-refractivity contribution is 5.24. The fraction of sp³-hybridized carbons (Fsp3) is 0.333. The molecular formula is C9H10. The van der Waals surface area contributed by atoms with Crippen molar-refractivity contribution in [3.63, 3.8) is 0 Å². The van der Waals surface area contributed by atoms with Crippen molar-refractivity contribution in [1.82, 2.24) is 0 Å². The van der Waals surface area contributed by atoms with E-state index in [9.17, 15) is 0 Å². The van der Waals surface area contributed by atoms with Crippen molar-refractivity contribution in [3.8, 4) is 0 Å². The number of hydrogen-bond donors (Lipinski definition) is 0. The quantitative estimate of drug-likeness (QED) is 0.458. The van der Waals surface area contributed by atoms with Crippen LogP contribution in [0, 0.1) is 18.1 Å². The van der Waals surface area contributed by atoms with Gasteiger partial charge in [-0.05, 0) is 24.6 Å². The lowest BCUT2D eigenvalue weighted by Crippen LogP contribution is -1.95. The van der Waals surface area contributed by atoms with E-state index in [0.29, 0.717) is 5.92 Å². The Morgan fingerprint density at radius 1 is 1.56 bits per heavy atom. The summed E-state index contributed by atoms with van der Waals surface area (Å²) >= 11 is 0. The molecule has 1 rings (SSSR count). The molecule has 1 atom stereocenters. The van der Waals surface area contributed by atoms with E-state index in [4.69, 9.17) is 0 Å². The van der Waals surface area contributed by atoms with Crippen LogP contribution in [0.25, 0.3) is 0 Å². The van der Waals surface area contributed by atoms with Crippen LogP contribution in [0.3, 0.4) is 0 Å². The van der Waals surface area contributed by atoms with E-state index >= 15 is 0 Å². The summed E-state index contributed by atoms with van der Waals surface area (Å²) in [5.41, 5.74) is 1.23. The molecule has 0 heteroatoms. The van der Waals surface area contributed by atoms with Gasteiger partial charge in [0.1, 0.15) is 0 Å². The van der Waals surface area contributed by atoms with Crippen molar-refractivity contribution < 1.29 is 0 Å². The monoisotopic (exact) mass is 118 g/mol. The summed E-state index contributed by atoms with van der Waals surface area (Å²) in [4.78, 5) is 0. The molecule has 2 radical (unpaired) electrons. The Labute approximate surface area is 56.6 Å². The first-order chi connectivity index (χ1) is 4.34. The number of rotatable bonds is 0. The van der Waals surface area contributed by atoms with E-state index in [0.717, 1.165) is 0 Å². The molecule has 1 aliphatic rings. The van der Waals surface area contributed by atoms with E-state index < -0.39 is 0 Å². The molecule has 0 heterocycles. The highest BCUT2D eigenvalue weighted by Crippen LogP contribution is 2.15. The number of allylic oxidation sites excluding steroid dienone is 6. The summed E-state index contributed by atoms with van der Waals surface area (Å²) in [6, 6.07) is 0. The molecule has 46 valence electrons. The third-order valence-corrected chi connectivity index (χ3v) is 1.46. The highest BCUT2D eigenvalue weighted by atomic mass is 14.1. The third-order valence-electron chi connectivity index (χ3n) is 1.46. The first-order valence-corrected chi connectivity index (χ1v) is 3.18. The maximum Gasteiger partial charge on any atom is 0.00668 e. The smallest absolute Gasteiger partial charge is 0.00668 e. The van der Waals surface area contributed by atoms with Crippen LogP contribution < -0.4 is 0 Å². The van der Waals surface area contributed by atoms with Crippen molar-refractivity contribution in [3.05, 3.63) is 36.0 Å². The molecule has 0 amide bonds. The Balaban J connectivity index is 2.78. The summed E-state index contributed by atoms with van der Waals surface area (Å²) in [6.07, 6.45) is 12.2. The van der Waals surface area contributed by atoms with Crippen LogP contribution in [-0.2, 0) is 0 Å².